The largest absolute Gasteiger partial charge is 0.489 e. The lowest BCUT2D eigenvalue weighted by Gasteiger charge is -2.17. The van der Waals surface area contributed by atoms with Crippen molar-refractivity contribution in [2.75, 3.05) is 0 Å². The van der Waals surface area contributed by atoms with E-state index in [4.69, 9.17) is 27.9 Å². The zero-order chi connectivity index (χ0) is 19.2. The Labute approximate surface area is 178 Å². The monoisotopic (exact) mass is 463 g/mol. The van der Waals surface area contributed by atoms with Gasteiger partial charge in [0.05, 0.1) is 0 Å². The summed E-state index contributed by atoms with van der Waals surface area (Å²) >= 11 is 15.8. The lowest BCUT2D eigenvalue weighted by atomic mass is 10.1. The Hall–Kier alpha value is -1.52. The minimum Gasteiger partial charge on any atom is -0.489 e. The van der Waals surface area contributed by atoms with Crippen molar-refractivity contribution in [3.8, 4) is 5.75 Å². The van der Waals surface area contributed by atoms with Gasteiger partial charge in [0.25, 0.3) is 0 Å². The first-order valence-electron chi connectivity index (χ1n) is 8.66. The van der Waals surface area contributed by atoms with Crippen LogP contribution in [-0.2, 0) is 13.2 Å². The maximum atomic E-state index is 6.25. The van der Waals surface area contributed by atoms with Crippen LogP contribution in [0.15, 0.2) is 71.2 Å². The van der Waals surface area contributed by atoms with Crippen molar-refractivity contribution in [1.82, 2.24) is 5.32 Å². The van der Waals surface area contributed by atoms with E-state index >= 15 is 0 Å². The van der Waals surface area contributed by atoms with Crippen LogP contribution < -0.4 is 10.1 Å². The molecule has 27 heavy (non-hydrogen) atoms. The summed E-state index contributed by atoms with van der Waals surface area (Å²) in [6, 6.07) is 22.1. The van der Waals surface area contributed by atoms with Crippen LogP contribution in [0.1, 0.15) is 29.7 Å². The number of halogens is 3. The number of nitrogens with one attached hydrogen (secondary N) is 1. The molecule has 1 atom stereocenters. The molecule has 0 amide bonds. The zero-order valence-electron chi connectivity index (χ0n) is 14.9. The van der Waals surface area contributed by atoms with E-state index < -0.39 is 0 Å². The van der Waals surface area contributed by atoms with Gasteiger partial charge < -0.3 is 10.1 Å². The molecular formula is C22H20BrCl2NO. The molecular weight excluding hydrogens is 445 g/mol. The van der Waals surface area contributed by atoms with Crippen molar-refractivity contribution in [2.24, 2.45) is 0 Å². The average Bonchev–Trinajstić information content (AvgIpc) is 2.67. The average molecular weight is 465 g/mol. The smallest absolute Gasteiger partial charge is 0.124 e. The van der Waals surface area contributed by atoms with Crippen molar-refractivity contribution in [2.45, 2.75) is 26.1 Å². The van der Waals surface area contributed by atoms with Gasteiger partial charge in [-0.1, -0.05) is 75.5 Å². The molecule has 140 valence electrons. The van der Waals surface area contributed by atoms with Crippen molar-refractivity contribution >= 4 is 39.1 Å². The SMILES string of the molecule is C[C@H](NCc1cc(Br)ccc1OCc1ccc(Cl)cc1Cl)c1ccccc1. The number of benzene rings is 3. The molecule has 0 unspecified atom stereocenters. The normalized spacial score (nSPS) is 12.0. The van der Waals surface area contributed by atoms with Crippen LogP contribution in [0.5, 0.6) is 5.75 Å². The molecule has 0 spiro atoms. The van der Waals surface area contributed by atoms with Gasteiger partial charge in [-0.3, -0.25) is 0 Å². The van der Waals surface area contributed by atoms with Gasteiger partial charge in [0.15, 0.2) is 0 Å². The third-order valence-electron chi connectivity index (χ3n) is 4.32. The van der Waals surface area contributed by atoms with Gasteiger partial charge in [-0.25, -0.2) is 0 Å². The molecule has 3 rings (SSSR count). The number of ether oxygens (including phenoxy) is 1. The van der Waals surface area contributed by atoms with Crippen molar-refractivity contribution in [3.63, 3.8) is 0 Å². The van der Waals surface area contributed by atoms with Gasteiger partial charge in [-0.05, 0) is 42.8 Å². The first-order chi connectivity index (χ1) is 13.0. The Morgan fingerprint density at radius 2 is 1.74 bits per heavy atom. The molecule has 0 aliphatic heterocycles. The third kappa shape index (κ3) is 5.73. The van der Waals surface area contributed by atoms with Crippen molar-refractivity contribution in [1.29, 1.82) is 0 Å². The summed E-state index contributed by atoms with van der Waals surface area (Å²) < 4.78 is 7.07. The van der Waals surface area contributed by atoms with Crippen LogP contribution in [0.4, 0.5) is 0 Å². The molecule has 5 heteroatoms. The Morgan fingerprint density at radius 1 is 0.963 bits per heavy atom. The lowest BCUT2D eigenvalue weighted by molar-refractivity contribution is 0.301. The highest BCUT2D eigenvalue weighted by molar-refractivity contribution is 9.10. The summed E-state index contributed by atoms with van der Waals surface area (Å²) in [4.78, 5) is 0. The number of rotatable bonds is 7. The molecule has 3 aromatic carbocycles. The predicted octanol–water partition coefficient (Wildman–Crippen LogP) is 7.19. The van der Waals surface area contributed by atoms with Crippen LogP contribution in [0.25, 0.3) is 0 Å². The summed E-state index contributed by atoms with van der Waals surface area (Å²) in [6.45, 7) is 3.24. The summed E-state index contributed by atoms with van der Waals surface area (Å²) in [6.07, 6.45) is 0. The molecule has 0 aromatic heterocycles. The van der Waals surface area contributed by atoms with E-state index in [2.05, 4.69) is 58.5 Å². The second kappa shape index (κ2) is 9.61. The highest BCUT2D eigenvalue weighted by Crippen LogP contribution is 2.27. The lowest BCUT2D eigenvalue weighted by Crippen LogP contribution is -2.18. The fraction of sp³-hybridized carbons (Fsp3) is 0.182. The maximum absolute atomic E-state index is 6.25. The van der Waals surface area contributed by atoms with Gasteiger partial charge in [0.2, 0.25) is 0 Å². The number of hydrogen-bond donors (Lipinski definition) is 1. The minimum absolute atomic E-state index is 0.240. The molecule has 3 aromatic rings. The van der Waals surface area contributed by atoms with Crippen LogP contribution in [0.3, 0.4) is 0 Å². The van der Waals surface area contributed by atoms with Crippen molar-refractivity contribution in [3.05, 3.63) is 97.9 Å². The molecule has 0 saturated heterocycles. The molecule has 0 aliphatic rings. The van der Waals surface area contributed by atoms with E-state index in [1.54, 1.807) is 6.07 Å². The molecule has 2 nitrogen and oxygen atoms in total. The standard InChI is InChI=1S/C22H20BrCl2NO/c1-15(16-5-3-2-4-6-16)26-13-18-11-19(23)8-10-22(18)27-14-17-7-9-20(24)12-21(17)25/h2-12,15,26H,13-14H2,1H3/t15-/m0/s1. The predicted molar refractivity (Wildman–Crippen MR) is 117 cm³/mol. The molecule has 0 fully saturated rings. The molecule has 0 saturated carbocycles. The fourth-order valence-electron chi connectivity index (χ4n) is 2.74. The first-order valence-corrected chi connectivity index (χ1v) is 10.2. The summed E-state index contributed by atoms with van der Waals surface area (Å²) in [5, 5.41) is 4.78. The van der Waals surface area contributed by atoms with Crippen LogP contribution in [0.2, 0.25) is 10.0 Å². The van der Waals surface area contributed by atoms with E-state index in [1.807, 2.05) is 30.3 Å². The maximum Gasteiger partial charge on any atom is 0.124 e. The molecule has 0 radical (unpaired) electrons. The van der Waals surface area contributed by atoms with E-state index in [0.717, 1.165) is 21.3 Å². The van der Waals surface area contributed by atoms with Crippen LogP contribution in [0, 0.1) is 0 Å². The van der Waals surface area contributed by atoms with Gasteiger partial charge >= 0.3 is 0 Å². The third-order valence-corrected chi connectivity index (χ3v) is 5.40. The summed E-state index contributed by atoms with van der Waals surface area (Å²) in [5.74, 6) is 0.831. The van der Waals surface area contributed by atoms with Gasteiger partial charge in [0.1, 0.15) is 12.4 Å². The Kier molecular flexibility index (Phi) is 7.20. The zero-order valence-corrected chi connectivity index (χ0v) is 18.0. The molecule has 0 heterocycles. The second-order valence-corrected chi connectivity index (χ2v) is 8.05. The van der Waals surface area contributed by atoms with E-state index in [1.165, 1.54) is 5.56 Å². The van der Waals surface area contributed by atoms with Gasteiger partial charge in [-0.15, -0.1) is 0 Å². The molecule has 1 N–H and O–H groups in total. The van der Waals surface area contributed by atoms with E-state index in [0.29, 0.717) is 23.2 Å². The fourth-order valence-corrected chi connectivity index (χ4v) is 3.62. The van der Waals surface area contributed by atoms with Gasteiger partial charge in [0, 0.05) is 38.2 Å². The number of hydrogen-bond acceptors (Lipinski definition) is 2. The van der Waals surface area contributed by atoms with E-state index in [-0.39, 0.29) is 6.04 Å². The highest BCUT2D eigenvalue weighted by Gasteiger charge is 2.10. The quantitative estimate of drug-likeness (QED) is 0.399. The highest BCUT2D eigenvalue weighted by atomic mass is 79.9. The Bertz CT molecular complexity index is 902. The molecule has 0 bridgehead atoms. The molecule has 0 aliphatic carbocycles. The van der Waals surface area contributed by atoms with Crippen LogP contribution >= 0.6 is 39.1 Å². The summed E-state index contributed by atoms with van der Waals surface area (Å²) in [7, 11) is 0. The van der Waals surface area contributed by atoms with E-state index in [9.17, 15) is 0 Å². The van der Waals surface area contributed by atoms with Crippen molar-refractivity contribution < 1.29 is 4.74 Å². The summed E-state index contributed by atoms with van der Waals surface area (Å²) in [5.41, 5.74) is 3.24. The topological polar surface area (TPSA) is 21.3 Å². The van der Waals surface area contributed by atoms with Crippen LogP contribution in [-0.4, -0.2) is 0 Å². The Balaban J connectivity index is 1.69. The second-order valence-electron chi connectivity index (χ2n) is 6.29. The Morgan fingerprint density at radius 3 is 2.48 bits per heavy atom. The van der Waals surface area contributed by atoms with Gasteiger partial charge in [-0.2, -0.15) is 0 Å². The minimum atomic E-state index is 0.240. The first kappa shape index (κ1) is 20.2.